The highest BCUT2D eigenvalue weighted by atomic mass is 19.1. The normalized spacial score (nSPS) is 23.4. The van der Waals surface area contributed by atoms with Crippen LogP contribution in [0.4, 0.5) is 4.39 Å². The molecular weight excluding hydrogens is 281 g/mol. The van der Waals surface area contributed by atoms with E-state index < -0.39 is 0 Å². The number of imide groups is 1. The fraction of sp³-hybridized carbons (Fsp3) is 0.222. The van der Waals surface area contributed by atoms with Gasteiger partial charge in [-0.05, 0) is 48.6 Å². The van der Waals surface area contributed by atoms with Crippen LogP contribution in [-0.2, 0) is 0 Å². The Morgan fingerprint density at radius 2 is 1.41 bits per heavy atom. The van der Waals surface area contributed by atoms with E-state index in [-0.39, 0.29) is 29.6 Å². The Bertz CT molecular complexity index is 728. The first-order valence-corrected chi connectivity index (χ1v) is 7.37. The SMILES string of the molecule is O=C1c2ccccc2C(=O)N1[C@H]1C[C@H](c2ccc(F)cc2)C1. The summed E-state index contributed by atoms with van der Waals surface area (Å²) < 4.78 is 13.0. The monoisotopic (exact) mass is 295 g/mol. The van der Waals surface area contributed by atoms with Gasteiger partial charge in [0.2, 0.25) is 0 Å². The molecule has 2 aromatic rings. The second-order valence-corrected chi connectivity index (χ2v) is 5.90. The van der Waals surface area contributed by atoms with Crippen molar-refractivity contribution in [3.63, 3.8) is 0 Å². The molecule has 0 saturated heterocycles. The molecule has 0 radical (unpaired) electrons. The molecule has 1 aliphatic heterocycles. The van der Waals surface area contributed by atoms with Gasteiger partial charge in [0.25, 0.3) is 11.8 Å². The van der Waals surface area contributed by atoms with Gasteiger partial charge in [0.05, 0.1) is 11.1 Å². The van der Waals surface area contributed by atoms with Crippen molar-refractivity contribution in [3.8, 4) is 0 Å². The molecule has 2 aliphatic rings. The molecule has 0 atom stereocenters. The number of carbonyl (C=O) groups excluding carboxylic acids is 2. The van der Waals surface area contributed by atoms with Crippen LogP contribution in [0.5, 0.6) is 0 Å². The average molecular weight is 295 g/mol. The molecule has 0 N–H and O–H groups in total. The maximum absolute atomic E-state index is 13.0. The van der Waals surface area contributed by atoms with Crippen LogP contribution in [-0.4, -0.2) is 22.8 Å². The lowest BCUT2D eigenvalue weighted by Crippen LogP contribution is -2.46. The summed E-state index contributed by atoms with van der Waals surface area (Å²) in [6.07, 6.45) is 1.49. The third kappa shape index (κ3) is 1.87. The highest BCUT2D eigenvalue weighted by Gasteiger charge is 2.45. The molecule has 1 aliphatic carbocycles. The molecule has 0 bridgehead atoms. The number of hydrogen-bond donors (Lipinski definition) is 0. The standard InChI is InChI=1S/C18H14FNO2/c19-13-7-5-11(6-8-13)12-9-14(10-12)20-17(21)15-3-1-2-4-16(15)18(20)22/h1-8,12,14H,9-10H2/t12-,14-. The van der Waals surface area contributed by atoms with E-state index in [2.05, 4.69) is 0 Å². The average Bonchev–Trinajstić information content (AvgIpc) is 2.73. The minimum atomic E-state index is -0.250. The zero-order valence-corrected chi connectivity index (χ0v) is 11.8. The van der Waals surface area contributed by atoms with Crippen molar-refractivity contribution >= 4 is 11.8 Å². The van der Waals surface area contributed by atoms with Gasteiger partial charge in [-0.2, -0.15) is 0 Å². The first-order valence-electron chi connectivity index (χ1n) is 7.37. The van der Waals surface area contributed by atoms with Crippen molar-refractivity contribution in [1.29, 1.82) is 0 Å². The second kappa shape index (κ2) is 4.77. The number of fused-ring (bicyclic) bond motifs is 1. The Morgan fingerprint density at radius 3 is 1.95 bits per heavy atom. The Morgan fingerprint density at radius 1 is 0.864 bits per heavy atom. The van der Waals surface area contributed by atoms with Gasteiger partial charge in [0, 0.05) is 6.04 Å². The summed E-state index contributed by atoms with van der Waals surface area (Å²) in [6, 6.07) is 13.3. The van der Waals surface area contributed by atoms with E-state index >= 15 is 0 Å². The third-order valence-electron chi connectivity index (χ3n) is 4.65. The zero-order chi connectivity index (χ0) is 15.3. The zero-order valence-electron chi connectivity index (χ0n) is 11.8. The van der Waals surface area contributed by atoms with Crippen LogP contribution in [0.3, 0.4) is 0 Å². The van der Waals surface area contributed by atoms with Gasteiger partial charge in [-0.1, -0.05) is 24.3 Å². The van der Waals surface area contributed by atoms with Gasteiger partial charge in [-0.15, -0.1) is 0 Å². The number of hydrogen-bond acceptors (Lipinski definition) is 2. The molecule has 4 rings (SSSR count). The smallest absolute Gasteiger partial charge is 0.261 e. The molecule has 4 heteroatoms. The summed E-state index contributed by atoms with van der Waals surface area (Å²) >= 11 is 0. The Labute approximate surface area is 127 Å². The third-order valence-corrected chi connectivity index (χ3v) is 4.65. The Kier molecular flexibility index (Phi) is 2.86. The number of rotatable bonds is 2. The lowest BCUT2D eigenvalue weighted by molar-refractivity contribution is 0.0478. The summed E-state index contributed by atoms with van der Waals surface area (Å²) in [4.78, 5) is 26.2. The highest BCUT2D eigenvalue weighted by Crippen LogP contribution is 2.42. The van der Waals surface area contributed by atoms with Crippen molar-refractivity contribution < 1.29 is 14.0 Å². The molecule has 0 unspecified atom stereocenters. The van der Waals surface area contributed by atoms with Crippen LogP contribution >= 0.6 is 0 Å². The summed E-state index contributed by atoms with van der Waals surface area (Å²) in [5.41, 5.74) is 2.06. The van der Waals surface area contributed by atoms with Gasteiger partial charge in [-0.25, -0.2) is 4.39 Å². The summed E-state index contributed by atoms with van der Waals surface area (Å²) in [6.45, 7) is 0. The Balaban J connectivity index is 1.51. The van der Waals surface area contributed by atoms with E-state index in [1.807, 2.05) is 0 Å². The molecule has 110 valence electrons. The van der Waals surface area contributed by atoms with Crippen molar-refractivity contribution in [3.05, 3.63) is 71.0 Å². The fourth-order valence-corrected chi connectivity index (χ4v) is 3.35. The van der Waals surface area contributed by atoms with Crippen molar-refractivity contribution in [2.75, 3.05) is 0 Å². The van der Waals surface area contributed by atoms with Gasteiger partial charge in [0.15, 0.2) is 0 Å². The molecule has 2 aromatic carbocycles. The number of benzene rings is 2. The summed E-state index contributed by atoms with van der Waals surface area (Å²) in [5, 5.41) is 0. The van der Waals surface area contributed by atoms with Gasteiger partial charge < -0.3 is 0 Å². The van der Waals surface area contributed by atoms with Crippen LogP contribution in [0.25, 0.3) is 0 Å². The first-order chi connectivity index (χ1) is 10.6. The molecule has 1 saturated carbocycles. The van der Waals surface area contributed by atoms with E-state index in [1.54, 1.807) is 36.4 Å². The van der Waals surface area contributed by atoms with Crippen LogP contribution in [0.2, 0.25) is 0 Å². The first kappa shape index (κ1) is 13.2. The minimum Gasteiger partial charge on any atom is -0.271 e. The van der Waals surface area contributed by atoms with Crippen molar-refractivity contribution in [2.24, 2.45) is 0 Å². The van der Waals surface area contributed by atoms with E-state index in [4.69, 9.17) is 0 Å². The molecule has 1 heterocycles. The number of nitrogens with zero attached hydrogens (tertiary/aromatic N) is 1. The largest absolute Gasteiger partial charge is 0.271 e. The molecule has 0 spiro atoms. The van der Waals surface area contributed by atoms with Crippen molar-refractivity contribution in [1.82, 2.24) is 4.90 Å². The van der Waals surface area contributed by atoms with Gasteiger partial charge in [0.1, 0.15) is 5.82 Å². The fourth-order valence-electron chi connectivity index (χ4n) is 3.35. The van der Waals surface area contributed by atoms with E-state index in [1.165, 1.54) is 17.0 Å². The lowest BCUT2D eigenvalue weighted by atomic mass is 9.75. The summed E-state index contributed by atoms with van der Waals surface area (Å²) in [5.74, 6) is -0.346. The van der Waals surface area contributed by atoms with E-state index in [0.717, 1.165) is 18.4 Å². The Hall–Kier alpha value is -2.49. The molecule has 2 amide bonds. The van der Waals surface area contributed by atoms with Crippen LogP contribution in [0.1, 0.15) is 45.0 Å². The van der Waals surface area contributed by atoms with Crippen LogP contribution in [0, 0.1) is 5.82 Å². The van der Waals surface area contributed by atoms with E-state index in [9.17, 15) is 14.0 Å². The lowest BCUT2D eigenvalue weighted by Gasteiger charge is -2.40. The predicted octanol–water partition coefficient (Wildman–Crippen LogP) is 3.37. The summed E-state index contributed by atoms with van der Waals surface area (Å²) in [7, 11) is 0. The van der Waals surface area contributed by atoms with E-state index in [0.29, 0.717) is 11.1 Å². The van der Waals surface area contributed by atoms with Crippen LogP contribution in [0.15, 0.2) is 48.5 Å². The van der Waals surface area contributed by atoms with Crippen molar-refractivity contribution in [2.45, 2.75) is 24.8 Å². The number of amides is 2. The number of carbonyl (C=O) groups is 2. The molecule has 22 heavy (non-hydrogen) atoms. The predicted molar refractivity (Wildman–Crippen MR) is 79.1 cm³/mol. The second-order valence-electron chi connectivity index (χ2n) is 5.90. The van der Waals surface area contributed by atoms with Gasteiger partial charge >= 0.3 is 0 Å². The highest BCUT2D eigenvalue weighted by molar-refractivity contribution is 6.21. The minimum absolute atomic E-state index is 0.0533. The molecule has 1 fully saturated rings. The topological polar surface area (TPSA) is 37.4 Å². The van der Waals surface area contributed by atoms with Crippen LogP contribution < -0.4 is 0 Å². The number of halogens is 1. The molecule has 0 aromatic heterocycles. The maximum Gasteiger partial charge on any atom is 0.261 e. The van der Waals surface area contributed by atoms with Gasteiger partial charge in [-0.3, -0.25) is 14.5 Å². The maximum atomic E-state index is 13.0. The quantitative estimate of drug-likeness (QED) is 0.797. The molecule has 3 nitrogen and oxygen atoms in total. The molecular formula is C18H14FNO2.